The number of hydrogen-bond acceptors (Lipinski definition) is 7. The van der Waals surface area contributed by atoms with Crippen LogP contribution in [0, 0.1) is 0 Å². The van der Waals surface area contributed by atoms with Crippen LogP contribution < -0.4 is 11.4 Å². The number of aliphatic hydroxyl groups excluding tert-OH is 3. The molecule has 1 fully saturated rings. The predicted octanol–water partition coefficient (Wildman–Crippen LogP) is -2.22. The molecule has 1 aliphatic rings. The van der Waals surface area contributed by atoms with Crippen LogP contribution in [0.2, 0.25) is 0 Å². The van der Waals surface area contributed by atoms with Crippen molar-refractivity contribution in [3.8, 4) is 0 Å². The molecule has 0 amide bonds. The van der Waals surface area contributed by atoms with E-state index >= 15 is 0 Å². The lowest BCUT2D eigenvalue weighted by molar-refractivity contribution is -0.0687. The summed E-state index contributed by atoms with van der Waals surface area (Å²) in [5.74, 6) is -0.0267. The summed E-state index contributed by atoms with van der Waals surface area (Å²) in [7, 11) is 0. The fraction of sp³-hybridized carbons (Fsp3) is 0.600. The van der Waals surface area contributed by atoms with Crippen molar-refractivity contribution >= 4 is 5.82 Å². The molecule has 0 spiro atoms. The first-order chi connectivity index (χ1) is 8.93. The molecule has 106 valence electrons. The predicted molar refractivity (Wildman–Crippen MR) is 60.8 cm³/mol. The molecule has 0 bridgehead atoms. The third kappa shape index (κ3) is 2.10. The zero-order valence-electron chi connectivity index (χ0n) is 9.81. The van der Waals surface area contributed by atoms with Gasteiger partial charge in [-0.1, -0.05) is 0 Å². The van der Waals surface area contributed by atoms with E-state index in [0.717, 1.165) is 4.57 Å². The van der Waals surface area contributed by atoms with Crippen LogP contribution in [0.1, 0.15) is 6.23 Å². The Labute approximate surface area is 106 Å². The van der Waals surface area contributed by atoms with Gasteiger partial charge < -0.3 is 25.8 Å². The van der Waals surface area contributed by atoms with Crippen molar-refractivity contribution in [2.24, 2.45) is 0 Å². The largest absolute Gasteiger partial charge is 0.394 e. The van der Waals surface area contributed by atoms with E-state index in [9.17, 15) is 14.3 Å². The van der Waals surface area contributed by atoms with Gasteiger partial charge in [0.05, 0.1) is 13.2 Å². The highest BCUT2D eigenvalue weighted by Gasteiger charge is 2.57. The lowest BCUT2D eigenvalue weighted by Crippen LogP contribution is -2.48. The Morgan fingerprint density at radius 2 is 2.26 bits per heavy atom. The summed E-state index contributed by atoms with van der Waals surface area (Å²) in [6.45, 7) is -1.80. The molecule has 9 heteroatoms. The number of aliphatic hydroxyl groups is 3. The first-order valence-electron chi connectivity index (χ1n) is 5.53. The Morgan fingerprint density at radius 3 is 2.74 bits per heavy atom. The van der Waals surface area contributed by atoms with Crippen molar-refractivity contribution < 1.29 is 24.4 Å². The highest BCUT2D eigenvalue weighted by Crippen LogP contribution is 2.39. The molecule has 8 nitrogen and oxygen atoms in total. The minimum atomic E-state index is -2.56. The number of nitrogens with zero attached hydrogens (tertiary/aromatic N) is 2. The maximum Gasteiger partial charge on any atom is 0.351 e. The maximum atomic E-state index is 14.3. The highest BCUT2D eigenvalue weighted by atomic mass is 19.1. The third-order valence-electron chi connectivity index (χ3n) is 3.13. The number of ether oxygens (including phenoxy) is 1. The molecule has 1 saturated heterocycles. The molecule has 19 heavy (non-hydrogen) atoms. The second kappa shape index (κ2) is 4.85. The molecule has 1 aliphatic heterocycles. The number of nitrogens with two attached hydrogens (primary N) is 1. The second-order valence-corrected chi connectivity index (χ2v) is 4.27. The Kier molecular flexibility index (Phi) is 3.54. The number of halogens is 1. The van der Waals surface area contributed by atoms with Gasteiger partial charge in [-0.05, 0) is 6.07 Å². The summed E-state index contributed by atoms with van der Waals surface area (Å²) in [5.41, 5.74) is 1.93. The van der Waals surface area contributed by atoms with Crippen molar-refractivity contribution in [3.05, 3.63) is 22.7 Å². The van der Waals surface area contributed by atoms with E-state index in [4.69, 9.17) is 20.7 Å². The van der Waals surface area contributed by atoms with Crippen LogP contribution in [0.4, 0.5) is 10.2 Å². The Hall–Kier alpha value is -1.55. The molecule has 2 rings (SSSR count). The van der Waals surface area contributed by atoms with Crippen LogP contribution in [0.15, 0.2) is 17.1 Å². The number of nitrogen functional groups attached to an aromatic ring is 1. The zero-order valence-corrected chi connectivity index (χ0v) is 9.81. The van der Waals surface area contributed by atoms with Crippen molar-refractivity contribution in [1.82, 2.24) is 9.55 Å². The number of alkyl halides is 1. The van der Waals surface area contributed by atoms with Crippen LogP contribution in [0.5, 0.6) is 0 Å². The average Bonchev–Trinajstić information content (AvgIpc) is 2.63. The average molecular weight is 275 g/mol. The zero-order chi connectivity index (χ0) is 14.2. The molecule has 0 unspecified atom stereocenters. The van der Waals surface area contributed by atoms with Crippen LogP contribution in [-0.2, 0) is 4.74 Å². The summed E-state index contributed by atoms with van der Waals surface area (Å²) < 4.78 is 20.2. The van der Waals surface area contributed by atoms with Crippen LogP contribution in [0.25, 0.3) is 0 Å². The fourth-order valence-corrected chi connectivity index (χ4v) is 2.01. The van der Waals surface area contributed by atoms with Crippen molar-refractivity contribution in [2.75, 3.05) is 18.9 Å². The maximum absolute atomic E-state index is 14.3. The van der Waals surface area contributed by atoms with E-state index in [1.54, 1.807) is 0 Å². The van der Waals surface area contributed by atoms with Gasteiger partial charge in [-0.2, -0.15) is 4.98 Å². The van der Waals surface area contributed by atoms with Gasteiger partial charge in [-0.3, -0.25) is 4.57 Å². The molecule has 1 aromatic rings. The number of hydrogen-bond donors (Lipinski definition) is 4. The molecule has 2 heterocycles. The lowest BCUT2D eigenvalue weighted by Gasteiger charge is -2.24. The van der Waals surface area contributed by atoms with E-state index < -0.39 is 43.0 Å². The molecular weight excluding hydrogens is 261 g/mol. The van der Waals surface area contributed by atoms with Crippen molar-refractivity contribution in [1.29, 1.82) is 0 Å². The molecule has 0 aliphatic carbocycles. The van der Waals surface area contributed by atoms with Crippen LogP contribution in [0.3, 0.4) is 0 Å². The normalized spacial score (nSPS) is 34.6. The van der Waals surface area contributed by atoms with Crippen LogP contribution in [-0.4, -0.2) is 56.0 Å². The van der Waals surface area contributed by atoms with E-state index in [1.165, 1.54) is 12.3 Å². The topological polar surface area (TPSA) is 131 Å². The van der Waals surface area contributed by atoms with Gasteiger partial charge in [0.25, 0.3) is 0 Å². The van der Waals surface area contributed by atoms with Gasteiger partial charge in [0.2, 0.25) is 0 Å². The molecule has 5 N–H and O–H groups in total. The number of anilines is 1. The highest BCUT2D eigenvalue weighted by molar-refractivity contribution is 5.23. The fourth-order valence-electron chi connectivity index (χ4n) is 2.01. The molecule has 0 saturated carbocycles. The van der Waals surface area contributed by atoms with Gasteiger partial charge in [0.15, 0.2) is 11.9 Å². The van der Waals surface area contributed by atoms with Gasteiger partial charge in [0, 0.05) is 6.20 Å². The lowest BCUT2D eigenvalue weighted by atomic mass is 9.95. The second-order valence-electron chi connectivity index (χ2n) is 4.27. The van der Waals surface area contributed by atoms with E-state index in [1.807, 2.05) is 0 Å². The van der Waals surface area contributed by atoms with E-state index in [2.05, 4.69) is 4.98 Å². The van der Waals surface area contributed by atoms with Crippen LogP contribution >= 0.6 is 0 Å². The summed E-state index contributed by atoms with van der Waals surface area (Å²) in [6, 6.07) is 1.28. The van der Waals surface area contributed by atoms with Crippen molar-refractivity contribution in [2.45, 2.75) is 24.1 Å². The summed E-state index contributed by atoms with van der Waals surface area (Å²) in [5, 5.41) is 27.9. The minimum absolute atomic E-state index is 0.0267. The third-order valence-corrected chi connectivity index (χ3v) is 3.13. The van der Waals surface area contributed by atoms with Gasteiger partial charge in [-0.15, -0.1) is 0 Å². The standard InChI is InChI=1S/C10H14FN3O5/c11-10(4-16)5(3-15)19-8(7(10)17)14-2-1-6(12)13-9(14)18/h1-2,5,7-8,15-17H,3-4H2,(H2,12,13,18)/t5-,7+,8-,10+/m1/s1. The van der Waals surface area contributed by atoms with E-state index in [-0.39, 0.29) is 5.82 Å². The molecular formula is C10H14FN3O5. The smallest absolute Gasteiger partial charge is 0.351 e. The molecule has 0 radical (unpaired) electrons. The number of aromatic nitrogens is 2. The Morgan fingerprint density at radius 1 is 1.58 bits per heavy atom. The Balaban J connectivity index is 2.39. The monoisotopic (exact) mass is 275 g/mol. The summed E-state index contributed by atoms with van der Waals surface area (Å²) >= 11 is 0. The van der Waals surface area contributed by atoms with E-state index in [0.29, 0.717) is 0 Å². The van der Waals surface area contributed by atoms with Crippen molar-refractivity contribution in [3.63, 3.8) is 0 Å². The molecule has 4 atom stereocenters. The molecule has 1 aromatic heterocycles. The quantitative estimate of drug-likeness (QED) is 0.491. The Bertz CT molecular complexity index is 524. The first-order valence-corrected chi connectivity index (χ1v) is 5.53. The molecule has 0 aromatic carbocycles. The van der Waals surface area contributed by atoms with Gasteiger partial charge in [0.1, 0.15) is 18.0 Å². The SMILES string of the molecule is Nc1ccn([C@@H]2O[C@H](CO)[C@@](F)(CO)[C@H]2O)c(=O)n1. The number of rotatable bonds is 3. The minimum Gasteiger partial charge on any atom is -0.394 e. The summed E-state index contributed by atoms with van der Waals surface area (Å²) in [6.07, 6.45) is -3.47. The first kappa shape index (κ1) is 13.9. The summed E-state index contributed by atoms with van der Waals surface area (Å²) in [4.78, 5) is 15.0. The van der Waals surface area contributed by atoms with Gasteiger partial charge in [-0.25, -0.2) is 9.18 Å². The van der Waals surface area contributed by atoms with Gasteiger partial charge >= 0.3 is 5.69 Å².